The van der Waals surface area contributed by atoms with Crippen molar-refractivity contribution in [1.82, 2.24) is 0 Å². The molecule has 0 unspecified atom stereocenters. The highest BCUT2D eigenvalue weighted by molar-refractivity contribution is 5.77. The number of hydrogen-bond acceptors (Lipinski definition) is 3. The van der Waals surface area contributed by atoms with Crippen molar-refractivity contribution >= 4 is 11.4 Å². The summed E-state index contributed by atoms with van der Waals surface area (Å²) >= 11 is 0. The summed E-state index contributed by atoms with van der Waals surface area (Å²) in [5, 5.41) is 0. The summed E-state index contributed by atoms with van der Waals surface area (Å²) in [6.07, 6.45) is 3.76. The number of nitrogens with zero attached hydrogens (tertiary/aromatic N) is 2. The van der Waals surface area contributed by atoms with Gasteiger partial charge in [0.25, 0.3) is 0 Å². The Morgan fingerprint density at radius 1 is 1.00 bits per heavy atom. The Kier molecular flexibility index (Phi) is 1.93. The van der Waals surface area contributed by atoms with E-state index in [1.807, 2.05) is 12.3 Å². The van der Waals surface area contributed by atoms with Crippen LogP contribution in [0.25, 0.3) is 0 Å². The van der Waals surface area contributed by atoms with E-state index in [4.69, 9.17) is 4.42 Å². The van der Waals surface area contributed by atoms with Gasteiger partial charge in [-0.25, -0.2) is 0 Å². The Morgan fingerprint density at radius 3 is 2.12 bits per heavy atom. The maximum Gasteiger partial charge on any atom is 0.131 e. The molecule has 0 amide bonds. The van der Waals surface area contributed by atoms with Crippen LogP contribution in [0.3, 0.4) is 0 Å². The lowest BCUT2D eigenvalue weighted by Gasteiger charge is -2.26. The van der Waals surface area contributed by atoms with Crippen molar-refractivity contribution in [2.45, 2.75) is 6.17 Å². The monoisotopic (exact) mass is 214 g/mol. The van der Waals surface area contributed by atoms with Gasteiger partial charge in [0.1, 0.15) is 6.17 Å². The van der Waals surface area contributed by atoms with Gasteiger partial charge in [-0.2, -0.15) is 0 Å². The van der Waals surface area contributed by atoms with Gasteiger partial charge in [0, 0.05) is 19.7 Å². The predicted octanol–water partition coefficient (Wildman–Crippen LogP) is 2.86. The Bertz CT molecular complexity index is 463. The number of rotatable bonds is 1. The highest BCUT2D eigenvalue weighted by atomic mass is 16.3. The first kappa shape index (κ1) is 9.33. The van der Waals surface area contributed by atoms with Gasteiger partial charge in [-0.15, -0.1) is 0 Å². The lowest BCUT2D eigenvalue weighted by atomic mass is 10.2. The Balaban J connectivity index is 2.08. The van der Waals surface area contributed by atoms with E-state index in [-0.39, 0.29) is 6.17 Å². The van der Waals surface area contributed by atoms with Crippen molar-refractivity contribution in [2.24, 2.45) is 0 Å². The smallest absolute Gasteiger partial charge is 0.131 e. The van der Waals surface area contributed by atoms with E-state index < -0.39 is 0 Å². The molecule has 1 aromatic heterocycles. The molecule has 0 fully saturated rings. The molecule has 0 aliphatic carbocycles. The summed E-state index contributed by atoms with van der Waals surface area (Å²) in [7, 11) is 4.22. The Hall–Kier alpha value is -1.90. The Morgan fingerprint density at radius 2 is 1.62 bits per heavy atom. The summed E-state index contributed by atoms with van der Waals surface area (Å²) in [5.41, 5.74) is 3.70. The number of anilines is 2. The molecule has 2 aromatic rings. The van der Waals surface area contributed by atoms with Crippen LogP contribution >= 0.6 is 0 Å². The van der Waals surface area contributed by atoms with E-state index in [1.54, 1.807) is 6.26 Å². The van der Waals surface area contributed by atoms with Crippen molar-refractivity contribution in [3.05, 3.63) is 48.4 Å². The number of furan rings is 1. The standard InChI is InChI=1S/C13H14N2O/c1-14-11-5-3-4-6-12(11)15(2)13(14)10-7-8-16-9-10/h3-9,13H,1-2H3. The van der Waals surface area contributed by atoms with Crippen LogP contribution in [0.15, 0.2) is 47.3 Å². The maximum atomic E-state index is 5.17. The van der Waals surface area contributed by atoms with Crippen LogP contribution in [0, 0.1) is 0 Å². The third-order valence-electron chi connectivity index (χ3n) is 3.22. The average molecular weight is 214 g/mol. The molecule has 1 aromatic carbocycles. The predicted molar refractivity (Wildman–Crippen MR) is 64.7 cm³/mol. The van der Waals surface area contributed by atoms with Crippen LogP contribution in [-0.2, 0) is 0 Å². The second-order valence-electron chi connectivity index (χ2n) is 4.14. The Labute approximate surface area is 94.9 Å². The third kappa shape index (κ3) is 1.14. The van der Waals surface area contributed by atoms with Crippen LogP contribution in [0.5, 0.6) is 0 Å². The van der Waals surface area contributed by atoms with Crippen LogP contribution in [-0.4, -0.2) is 14.1 Å². The lowest BCUT2D eigenvalue weighted by Crippen LogP contribution is -2.30. The minimum absolute atomic E-state index is 0.233. The van der Waals surface area contributed by atoms with Gasteiger partial charge >= 0.3 is 0 Å². The van der Waals surface area contributed by atoms with E-state index >= 15 is 0 Å². The fraction of sp³-hybridized carbons (Fsp3) is 0.231. The zero-order valence-electron chi connectivity index (χ0n) is 9.42. The first-order valence-corrected chi connectivity index (χ1v) is 5.36. The van der Waals surface area contributed by atoms with Gasteiger partial charge in [0.15, 0.2) is 0 Å². The van der Waals surface area contributed by atoms with E-state index in [0.29, 0.717) is 0 Å². The number of fused-ring (bicyclic) bond motifs is 1. The van der Waals surface area contributed by atoms with Gasteiger partial charge in [-0.3, -0.25) is 0 Å². The van der Waals surface area contributed by atoms with Crippen LogP contribution in [0.1, 0.15) is 11.7 Å². The molecule has 3 nitrogen and oxygen atoms in total. The van der Waals surface area contributed by atoms with Crippen molar-refractivity contribution in [2.75, 3.05) is 23.9 Å². The van der Waals surface area contributed by atoms with Crippen molar-refractivity contribution in [3.8, 4) is 0 Å². The normalized spacial score (nSPS) is 15.6. The van der Waals surface area contributed by atoms with E-state index in [1.165, 1.54) is 16.9 Å². The van der Waals surface area contributed by atoms with E-state index in [9.17, 15) is 0 Å². The quantitative estimate of drug-likeness (QED) is 0.727. The summed E-state index contributed by atoms with van der Waals surface area (Å²) < 4.78 is 5.17. The number of para-hydroxylation sites is 2. The molecule has 3 heteroatoms. The minimum atomic E-state index is 0.233. The molecule has 2 heterocycles. The summed E-state index contributed by atoms with van der Waals surface area (Å²) in [4.78, 5) is 4.53. The maximum absolute atomic E-state index is 5.17. The summed E-state index contributed by atoms with van der Waals surface area (Å²) in [6, 6.07) is 10.4. The molecule has 82 valence electrons. The van der Waals surface area contributed by atoms with Gasteiger partial charge in [0.05, 0.1) is 23.9 Å². The van der Waals surface area contributed by atoms with Crippen molar-refractivity contribution in [1.29, 1.82) is 0 Å². The zero-order valence-corrected chi connectivity index (χ0v) is 9.42. The summed E-state index contributed by atoms with van der Waals surface area (Å²) in [5.74, 6) is 0. The summed E-state index contributed by atoms with van der Waals surface area (Å²) in [6.45, 7) is 0. The molecule has 0 saturated heterocycles. The minimum Gasteiger partial charge on any atom is -0.472 e. The van der Waals surface area contributed by atoms with Gasteiger partial charge in [-0.1, -0.05) is 12.1 Å². The molecule has 0 N–H and O–H groups in total. The second-order valence-corrected chi connectivity index (χ2v) is 4.14. The first-order valence-electron chi connectivity index (χ1n) is 5.36. The fourth-order valence-electron chi connectivity index (χ4n) is 2.45. The van der Waals surface area contributed by atoms with Crippen molar-refractivity contribution < 1.29 is 4.42 Å². The fourth-order valence-corrected chi connectivity index (χ4v) is 2.45. The number of hydrogen-bond donors (Lipinski definition) is 0. The third-order valence-corrected chi connectivity index (χ3v) is 3.22. The van der Waals surface area contributed by atoms with Gasteiger partial charge < -0.3 is 14.2 Å². The molecule has 1 aliphatic rings. The van der Waals surface area contributed by atoms with E-state index in [2.05, 4.69) is 48.2 Å². The largest absolute Gasteiger partial charge is 0.472 e. The molecule has 0 spiro atoms. The molecule has 16 heavy (non-hydrogen) atoms. The van der Waals surface area contributed by atoms with E-state index in [0.717, 1.165) is 0 Å². The molecule has 0 radical (unpaired) electrons. The zero-order chi connectivity index (χ0) is 11.1. The highest BCUT2D eigenvalue weighted by Crippen LogP contribution is 2.43. The second kappa shape index (κ2) is 3.30. The molecule has 3 rings (SSSR count). The highest BCUT2D eigenvalue weighted by Gasteiger charge is 2.32. The lowest BCUT2D eigenvalue weighted by molar-refractivity contribution is 0.557. The first-order chi connectivity index (χ1) is 7.79. The van der Waals surface area contributed by atoms with Gasteiger partial charge in [-0.05, 0) is 18.2 Å². The molecule has 0 saturated carbocycles. The molecule has 0 atom stereocenters. The molecule has 1 aliphatic heterocycles. The topological polar surface area (TPSA) is 19.6 Å². The van der Waals surface area contributed by atoms with Crippen LogP contribution in [0.4, 0.5) is 11.4 Å². The number of benzene rings is 1. The molecule has 0 bridgehead atoms. The molecular weight excluding hydrogens is 200 g/mol. The molecular formula is C13H14N2O. The SMILES string of the molecule is CN1c2ccccc2N(C)C1c1ccoc1. The van der Waals surface area contributed by atoms with Crippen LogP contribution in [0.2, 0.25) is 0 Å². The van der Waals surface area contributed by atoms with Crippen molar-refractivity contribution in [3.63, 3.8) is 0 Å². The van der Waals surface area contributed by atoms with Crippen LogP contribution < -0.4 is 9.80 Å². The van der Waals surface area contributed by atoms with Gasteiger partial charge in [0.2, 0.25) is 0 Å². The average Bonchev–Trinajstić information content (AvgIpc) is 2.89.